The van der Waals surface area contributed by atoms with Crippen LogP contribution in [0.5, 0.6) is 5.75 Å². The fourth-order valence-corrected chi connectivity index (χ4v) is 7.11. The lowest BCUT2D eigenvalue weighted by Gasteiger charge is -2.41. The van der Waals surface area contributed by atoms with E-state index in [4.69, 9.17) is 35.3 Å². The second-order valence-corrected chi connectivity index (χ2v) is 13.8. The number of allylic oxidation sites excluding steroid dienone is 3. The molecule has 0 aliphatic carbocycles. The van der Waals surface area contributed by atoms with Crippen LogP contribution in [-0.4, -0.2) is 84.9 Å². The second-order valence-electron chi connectivity index (χ2n) is 13.4. The Labute approximate surface area is 314 Å². The van der Waals surface area contributed by atoms with Crippen LogP contribution in [-0.2, 0) is 35.0 Å². The summed E-state index contributed by atoms with van der Waals surface area (Å²) in [7, 11) is 4.49. The number of nitrogens with one attached hydrogen (secondary N) is 1. The van der Waals surface area contributed by atoms with E-state index in [0.29, 0.717) is 17.9 Å². The fraction of sp³-hybridized carbons (Fsp3) is 0.500. The summed E-state index contributed by atoms with van der Waals surface area (Å²) in [6, 6.07) is 8.73. The SMILES string of the molecule is CC.COc1cc2cc(c1Cl)N(C)C(=O)C[C@H](OC(=O)Nc1ccc([N+](=O)[O-])cc1)[C@]1(C)O[C@H]1[C@H](C)[C@@H]1C[C@@](O)(CC(=O)O1)[C@H](OC)/C=C/C=C(\C)C2. The molecule has 3 aliphatic heterocycles. The molecule has 0 spiro atoms. The third-order valence-electron chi connectivity index (χ3n) is 9.78. The van der Waals surface area contributed by atoms with E-state index in [1.54, 1.807) is 45.2 Å². The van der Waals surface area contributed by atoms with Gasteiger partial charge in [0, 0.05) is 44.3 Å². The fourth-order valence-electron chi connectivity index (χ4n) is 6.80. The predicted molar refractivity (Wildman–Crippen MR) is 198 cm³/mol. The van der Waals surface area contributed by atoms with E-state index in [2.05, 4.69) is 5.32 Å². The molecule has 0 unspecified atom stereocenters. The zero-order valence-electron chi connectivity index (χ0n) is 31.2. The first kappa shape index (κ1) is 41.3. The van der Waals surface area contributed by atoms with Gasteiger partial charge in [-0.3, -0.25) is 25.0 Å². The first-order valence-corrected chi connectivity index (χ1v) is 17.8. The number of hydrogen-bond donors (Lipinski definition) is 2. The molecule has 2 fully saturated rings. The number of nitro groups is 1. The van der Waals surface area contributed by atoms with Crippen LogP contribution in [0.3, 0.4) is 0 Å². The van der Waals surface area contributed by atoms with Gasteiger partial charge in [-0.2, -0.15) is 0 Å². The molecule has 288 valence electrons. The van der Waals surface area contributed by atoms with Crippen LogP contribution in [0.2, 0.25) is 5.02 Å². The number of carbonyl (C=O) groups is 3. The number of anilines is 2. The number of esters is 1. The summed E-state index contributed by atoms with van der Waals surface area (Å²) in [6.45, 7) is 9.41. The zero-order valence-corrected chi connectivity index (χ0v) is 32.0. The van der Waals surface area contributed by atoms with E-state index in [0.717, 1.165) is 11.1 Å². The minimum absolute atomic E-state index is 0.0410. The Balaban J connectivity index is 0.00000308. The van der Waals surface area contributed by atoms with Crippen molar-refractivity contribution >= 4 is 46.6 Å². The Morgan fingerprint density at radius 2 is 1.85 bits per heavy atom. The van der Waals surface area contributed by atoms with Crippen molar-refractivity contribution in [1.82, 2.24) is 0 Å². The molecule has 2 aromatic carbocycles. The number of epoxide rings is 1. The average Bonchev–Trinajstić information content (AvgIpc) is 3.82. The number of rotatable bonds is 5. The molecule has 2 amide bonds. The number of hydrogen-bond acceptors (Lipinski definition) is 11. The summed E-state index contributed by atoms with van der Waals surface area (Å²) in [5.74, 6) is -1.21. The summed E-state index contributed by atoms with van der Waals surface area (Å²) in [6.07, 6.45) is 0.818. The number of amides is 2. The van der Waals surface area contributed by atoms with E-state index in [9.17, 15) is 29.6 Å². The molecule has 3 heterocycles. The largest absolute Gasteiger partial charge is 0.495 e. The van der Waals surface area contributed by atoms with Crippen LogP contribution in [0.4, 0.5) is 21.9 Å². The van der Waals surface area contributed by atoms with Crippen molar-refractivity contribution in [3.63, 3.8) is 0 Å². The molecule has 14 nitrogen and oxygen atoms in total. The Kier molecular flexibility index (Phi) is 13.3. The summed E-state index contributed by atoms with van der Waals surface area (Å²) >= 11 is 6.72. The highest BCUT2D eigenvalue weighted by Crippen LogP contribution is 2.49. The van der Waals surface area contributed by atoms with Gasteiger partial charge in [-0.15, -0.1) is 0 Å². The molecule has 0 saturated carbocycles. The van der Waals surface area contributed by atoms with E-state index in [-0.39, 0.29) is 35.7 Å². The van der Waals surface area contributed by atoms with Gasteiger partial charge in [0.05, 0.1) is 36.7 Å². The normalized spacial score (nSPS) is 30.3. The molecule has 2 N–H and O–H groups in total. The number of nitro benzene ring substituents is 1. The maximum atomic E-state index is 14.0. The molecule has 4 bridgehead atoms. The van der Waals surface area contributed by atoms with Gasteiger partial charge in [0.1, 0.15) is 40.3 Å². The highest BCUT2D eigenvalue weighted by molar-refractivity contribution is 6.35. The van der Waals surface area contributed by atoms with Crippen LogP contribution < -0.4 is 15.0 Å². The van der Waals surface area contributed by atoms with Crippen molar-refractivity contribution in [2.75, 3.05) is 31.5 Å². The summed E-state index contributed by atoms with van der Waals surface area (Å²) in [5, 5.41) is 25.6. The summed E-state index contributed by atoms with van der Waals surface area (Å²) in [5.41, 5.74) is -0.639. The molecular weight excluding hydrogens is 710 g/mol. The number of aliphatic hydroxyl groups is 1. The van der Waals surface area contributed by atoms with E-state index in [1.807, 2.05) is 26.8 Å². The third-order valence-corrected chi connectivity index (χ3v) is 10.2. The smallest absolute Gasteiger partial charge is 0.412 e. The van der Waals surface area contributed by atoms with Crippen molar-refractivity contribution in [3.05, 3.63) is 80.9 Å². The Bertz CT molecular complexity index is 1750. The number of non-ortho nitro benzene ring substituents is 1. The maximum absolute atomic E-state index is 14.0. The number of fused-ring (bicyclic) bond motifs is 5. The standard InChI is InChI=1S/C36H42ClN3O11.C2H6/c1-20-8-7-9-28(48-6)36(44)18-27(49-31(42)19-36)21(2)33-35(3,51-33)29(50-34(43)38-23-10-12-24(13-11-23)40(45)46)17-30(41)39(4)25-15-22(14-20)16-26(47-5)32(25)37;1-2/h7-13,15-16,21,27-29,33,44H,14,17-19H2,1-6H3,(H,38,43);1-2H3/b9-7+,20-8+;/t21-,27+,28-,29+,33+,35+,36-;/m1./s1. The van der Waals surface area contributed by atoms with Crippen LogP contribution in [0.1, 0.15) is 59.4 Å². The van der Waals surface area contributed by atoms with Gasteiger partial charge in [-0.25, -0.2) is 4.79 Å². The number of methoxy groups -OCH3 is 2. The van der Waals surface area contributed by atoms with Crippen LogP contribution in [0, 0.1) is 16.0 Å². The summed E-state index contributed by atoms with van der Waals surface area (Å²) in [4.78, 5) is 52.0. The predicted octanol–water partition coefficient (Wildman–Crippen LogP) is 6.56. The quantitative estimate of drug-likeness (QED) is 0.146. The van der Waals surface area contributed by atoms with Gasteiger partial charge in [0.25, 0.3) is 5.69 Å². The number of ether oxygens (including phenoxy) is 5. The molecule has 3 aliphatic rings. The van der Waals surface area contributed by atoms with Crippen molar-refractivity contribution in [2.24, 2.45) is 5.92 Å². The Hall–Kier alpha value is -4.50. The molecule has 15 heteroatoms. The van der Waals surface area contributed by atoms with Crippen LogP contribution in [0.25, 0.3) is 0 Å². The van der Waals surface area contributed by atoms with Crippen molar-refractivity contribution in [3.8, 4) is 5.75 Å². The third kappa shape index (κ3) is 9.36. The van der Waals surface area contributed by atoms with Gasteiger partial charge in [-0.1, -0.05) is 56.2 Å². The topological polar surface area (TPSA) is 179 Å². The first-order chi connectivity index (χ1) is 25.1. The first-order valence-electron chi connectivity index (χ1n) is 17.4. The minimum atomic E-state index is -1.59. The van der Waals surface area contributed by atoms with Crippen molar-refractivity contribution in [2.45, 2.75) is 95.9 Å². The molecule has 2 saturated heterocycles. The minimum Gasteiger partial charge on any atom is -0.495 e. The number of carbonyl (C=O) groups excluding carboxylic acids is 3. The lowest BCUT2D eigenvalue weighted by atomic mass is 9.78. The number of halogens is 1. The molecular formula is C38H48ClN3O11. The number of nitrogens with zero attached hydrogens (tertiary/aromatic N) is 2. The average molecular weight is 758 g/mol. The van der Waals surface area contributed by atoms with Crippen LogP contribution >= 0.6 is 11.6 Å². The van der Waals surface area contributed by atoms with Gasteiger partial charge < -0.3 is 33.7 Å². The maximum Gasteiger partial charge on any atom is 0.412 e. The molecule has 53 heavy (non-hydrogen) atoms. The van der Waals surface area contributed by atoms with Gasteiger partial charge >= 0.3 is 12.1 Å². The van der Waals surface area contributed by atoms with Crippen molar-refractivity contribution in [1.29, 1.82) is 0 Å². The second kappa shape index (κ2) is 17.1. The lowest BCUT2D eigenvalue weighted by Crippen LogP contribution is -2.53. The van der Waals surface area contributed by atoms with Crippen molar-refractivity contribution < 1.29 is 48.1 Å². The molecule has 0 radical (unpaired) electrons. The molecule has 2 aromatic rings. The van der Waals surface area contributed by atoms with E-state index < -0.39 is 64.4 Å². The van der Waals surface area contributed by atoms with E-state index in [1.165, 1.54) is 43.4 Å². The highest BCUT2D eigenvalue weighted by Gasteiger charge is 2.64. The lowest BCUT2D eigenvalue weighted by molar-refractivity contribution is -0.384. The van der Waals surface area contributed by atoms with Gasteiger partial charge in [0.2, 0.25) is 5.91 Å². The molecule has 7 atom stereocenters. The summed E-state index contributed by atoms with van der Waals surface area (Å²) < 4.78 is 29.0. The molecule has 5 rings (SSSR count). The van der Waals surface area contributed by atoms with Gasteiger partial charge in [-0.05, 0) is 50.1 Å². The van der Waals surface area contributed by atoms with E-state index >= 15 is 0 Å². The van der Waals surface area contributed by atoms with Gasteiger partial charge in [0.15, 0.2) is 0 Å². The zero-order chi connectivity index (χ0) is 39.2. The van der Waals surface area contributed by atoms with Crippen LogP contribution in [0.15, 0.2) is 60.2 Å². The Morgan fingerprint density at radius 1 is 1.17 bits per heavy atom. The monoisotopic (exact) mass is 757 g/mol. The highest BCUT2D eigenvalue weighted by atomic mass is 35.5. The number of benzene rings is 2. The Morgan fingerprint density at radius 3 is 2.47 bits per heavy atom. The molecule has 0 aromatic heterocycles.